The van der Waals surface area contributed by atoms with Crippen molar-refractivity contribution in [2.24, 2.45) is 0 Å². The van der Waals surface area contributed by atoms with Gasteiger partial charge in [0.1, 0.15) is 17.2 Å². The minimum absolute atomic E-state index is 0.0300. The van der Waals surface area contributed by atoms with E-state index in [1.165, 1.54) is 19.3 Å². The van der Waals surface area contributed by atoms with Crippen molar-refractivity contribution >= 4 is 29.0 Å². The molecule has 0 atom stereocenters. The lowest BCUT2D eigenvalue weighted by Crippen LogP contribution is -2.13. The molecule has 0 unspecified atom stereocenters. The predicted octanol–water partition coefficient (Wildman–Crippen LogP) is 5.95. The molecule has 2 heterocycles. The van der Waals surface area contributed by atoms with Crippen LogP contribution in [0.1, 0.15) is 45.4 Å². The third-order valence-electron chi connectivity index (χ3n) is 4.41. The van der Waals surface area contributed by atoms with Gasteiger partial charge in [-0.25, -0.2) is 4.98 Å². The van der Waals surface area contributed by atoms with Gasteiger partial charge in [-0.05, 0) is 30.7 Å². The van der Waals surface area contributed by atoms with Crippen LogP contribution >= 0.6 is 11.6 Å². The van der Waals surface area contributed by atoms with E-state index in [1.807, 2.05) is 53.1 Å². The highest BCUT2D eigenvalue weighted by molar-refractivity contribution is 6.30. The smallest absolute Gasteiger partial charge is 0.225 e. The number of aromatic nitrogens is 2. The summed E-state index contributed by atoms with van der Waals surface area (Å²) in [6.07, 6.45) is 8.09. The van der Waals surface area contributed by atoms with Crippen molar-refractivity contribution in [2.75, 3.05) is 5.32 Å². The van der Waals surface area contributed by atoms with E-state index in [2.05, 4.69) is 12.2 Å². The third-order valence-corrected chi connectivity index (χ3v) is 4.66. The van der Waals surface area contributed by atoms with Gasteiger partial charge in [-0.15, -0.1) is 0 Å². The molecule has 3 aromatic rings. The molecule has 0 saturated heterocycles. The van der Waals surface area contributed by atoms with Gasteiger partial charge in [0.2, 0.25) is 5.91 Å². The Hall–Kier alpha value is -2.33. The zero-order valence-corrected chi connectivity index (χ0v) is 15.8. The van der Waals surface area contributed by atoms with Gasteiger partial charge in [0.15, 0.2) is 0 Å². The van der Waals surface area contributed by atoms with E-state index < -0.39 is 0 Å². The number of hydrogen-bond acceptors (Lipinski definition) is 2. The Kier molecular flexibility index (Phi) is 6.29. The number of nitrogens with one attached hydrogen (secondary N) is 1. The minimum atomic E-state index is 0.0300. The summed E-state index contributed by atoms with van der Waals surface area (Å²) in [6.45, 7) is 2.19. The summed E-state index contributed by atoms with van der Waals surface area (Å²) in [4.78, 5) is 17.1. The van der Waals surface area contributed by atoms with Crippen LogP contribution in [-0.2, 0) is 4.79 Å². The maximum Gasteiger partial charge on any atom is 0.225 e. The minimum Gasteiger partial charge on any atom is -0.310 e. The quantitative estimate of drug-likeness (QED) is 0.498. The number of anilines is 1. The SMILES string of the molecule is CCCCCCCC(=O)Nc1c(-c2ccc(Cl)cc2)nc2ccccn12. The molecular weight excluding hydrogens is 346 g/mol. The number of benzene rings is 1. The number of fused-ring (bicyclic) bond motifs is 1. The standard InChI is InChI=1S/C21H24ClN3O/c1-2-3-4-5-6-10-19(26)24-21-20(16-11-13-17(22)14-12-16)23-18-9-7-8-15-25(18)21/h7-9,11-15H,2-6,10H2,1H3,(H,24,26). The van der Waals surface area contributed by atoms with Crippen LogP contribution in [0.5, 0.6) is 0 Å². The lowest BCUT2D eigenvalue weighted by Gasteiger charge is -2.08. The maximum absolute atomic E-state index is 12.5. The van der Waals surface area contributed by atoms with Gasteiger partial charge in [-0.2, -0.15) is 0 Å². The molecular formula is C21H24ClN3O. The molecule has 1 amide bonds. The second-order valence-electron chi connectivity index (χ2n) is 6.46. The highest BCUT2D eigenvalue weighted by Gasteiger charge is 2.16. The average Bonchev–Trinajstić information content (AvgIpc) is 3.01. The van der Waals surface area contributed by atoms with Crippen LogP contribution in [0.4, 0.5) is 5.82 Å². The fourth-order valence-electron chi connectivity index (χ4n) is 3.01. The molecule has 0 aliphatic heterocycles. The number of hydrogen-bond donors (Lipinski definition) is 1. The number of pyridine rings is 1. The highest BCUT2D eigenvalue weighted by atomic mass is 35.5. The largest absolute Gasteiger partial charge is 0.310 e. The molecule has 0 spiro atoms. The molecule has 0 bridgehead atoms. The summed E-state index contributed by atoms with van der Waals surface area (Å²) in [7, 11) is 0. The van der Waals surface area contributed by atoms with Crippen LogP contribution in [0.3, 0.4) is 0 Å². The van der Waals surface area contributed by atoms with Gasteiger partial charge in [0.05, 0.1) is 0 Å². The fraction of sp³-hybridized carbons (Fsp3) is 0.333. The second-order valence-corrected chi connectivity index (χ2v) is 6.89. The maximum atomic E-state index is 12.5. The van der Waals surface area contributed by atoms with E-state index >= 15 is 0 Å². The molecule has 0 aliphatic carbocycles. The molecule has 3 rings (SSSR count). The van der Waals surface area contributed by atoms with E-state index in [4.69, 9.17) is 16.6 Å². The molecule has 2 aromatic heterocycles. The number of nitrogens with zero attached hydrogens (tertiary/aromatic N) is 2. The van der Waals surface area contributed by atoms with Crippen LogP contribution in [0.2, 0.25) is 5.02 Å². The van der Waals surface area contributed by atoms with E-state index in [0.717, 1.165) is 29.7 Å². The van der Waals surface area contributed by atoms with Crippen LogP contribution in [-0.4, -0.2) is 15.3 Å². The number of amides is 1. The van der Waals surface area contributed by atoms with Crippen molar-refractivity contribution < 1.29 is 4.79 Å². The number of rotatable bonds is 8. The summed E-state index contributed by atoms with van der Waals surface area (Å²) in [6, 6.07) is 13.3. The first-order valence-electron chi connectivity index (χ1n) is 9.22. The molecule has 0 saturated carbocycles. The number of carbonyl (C=O) groups is 1. The first-order valence-corrected chi connectivity index (χ1v) is 9.59. The van der Waals surface area contributed by atoms with E-state index in [1.54, 1.807) is 0 Å². The molecule has 0 aliphatic rings. The third kappa shape index (κ3) is 4.44. The van der Waals surface area contributed by atoms with E-state index in [-0.39, 0.29) is 5.91 Å². The zero-order chi connectivity index (χ0) is 18.4. The number of halogens is 1. The van der Waals surface area contributed by atoms with Gasteiger partial charge in [-0.3, -0.25) is 9.20 Å². The van der Waals surface area contributed by atoms with Gasteiger partial charge >= 0.3 is 0 Å². The van der Waals surface area contributed by atoms with E-state index in [0.29, 0.717) is 17.3 Å². The topological polar surface area (TPSA) is 46.4 Å². The fourth-order valence-corrected chi connectivity index (χ4v) is 3.13. The van der Waals surface area contributed by atoms with Crippen molar-refractivity contribution in [1.82, 2.24) is 9.38 Å². The van der Waals surface area contributed by atoms with Gasteiger partial charge < -0.3 is 5.32 Å². The molecule has 136 valence electrons. The lowest BCUT2D eigenvalue weighted by molar-refractivity contribution is -0.116. The number of unbranched alkanes of at least 4 members (excludes halogenated alkanes) is 4. The van der Waals surface area contributed by atoms with Crippen molar-refractivity contribution in [2.45, 2.75) is 45.4 Å². The summed E-state index contributed by atoms with van der Waals surface area (Å²) in [5, 5.41) is 3.74. The van der Waals surface area contributed by atoms with Crippen LogP contribution in [0.15, 0.2) is 48.7 Å². The number of carbonyl (C=O) groups excluding carboxylic acids is 1. The normalized spacial score (nSPS) is 11.0. The monoisotopic (exact) mass is 369 g/mol. The van der Waals surface area contributed by atoms with Crippen LogP contribution < -0.4 is 5.32 Å². The zero-order valence-electron chi connectivity index (χ0n) is 15.0. The van der Waals surface area contributed by atoms with Gasteiger partial charge in [-0.1, -0.05) is 62.4 Å². The van der Waals surface area contributed by atoms with Crippen molar-refractivity contribution in [3.8, 4) is 11.3 Å². The Morgan fingerprint density at radius 2 is 1.85 bits per heavy atom. The van der Waals surface area contributed by atoms with Crippen LogP contribution in [0.25, 0.3) is 16.9 Å². The van der Waals surface area contributed by atoms with Gasteiger partial charge in [0.25, 0.3) is 0 Å². The van der Waals surface area contributed by atoms with Crippen LogP contribution in [0, 0.1) is 0 Å². The Balaban J connectivity index is 1.81. The molecule has 0 fully saturated rings. The van der Waals surface area contributed by atoms with Crippen molar-refractivity contribution in [3.05, 3.63) is 53.7 Å². The van der Waals surface area contributed by atoms with Gasteiger partial charge in [0, 0.05) is 23.2 Å². The lowest BCUT2D eigenvalue weighted by atomic mass is 10.1. The summed E-state index contributed by atoms with van der Waals surface area (Å²) in [5.74, 6) is 0.740. The molecule has 4 nitrogen and oxygen atoms in total. The first kappa shape index (κ1) is 18.5. The Labute approximate surface area is 159 Å². The molecule has 0 radical (unpaired) electrons. The van der Waals surface area contributed by atoms with Crippen molar-refractivity contribution in [3.63, 3.8) is 0 Å². The predicted molar refractivity (Wildman–Crippen MR) is 108 cm³/mol. The summed E-state index contributed by atoms with van der Waals surface area (Å²) < 4.78 is 1.92. The Bertz CT molecular complexity index is 871. The van der Waals surface area contributed by atoms with E-state index in [9.17, 15) is 4.79 Å². The Morgan fingerprint density at radius 3 is 2.62 bits per heavy atom. The molecule has 26 heavy (non-hydrogen) atoms. The van der Waals surface area contributed by atoms with Crippen molar-refractivity contribution in [1.29, 1.82) is 0 Å². The second kappa shape index (κ2) is 8.86. The Morgan fingerprint density at radius 1 is 1.08 bits per heavy atom. The molecule has 5 heteroatoms. The average molecular weight is 370 g/mol. The summed E-state index contributed by atoms with van der Waals surface area (Å²) in [5.41, 5.74) is 2.49. The molecule has 1 aromatic carbocycles. The first-order chi connectivity index (χ1) is 12.7. The number of imidazole rings is 1. The summed E-state index contributed by atoms with van der Waals surface area (Å²) >= 11 is 6.00. The highest BCUT2D eigenvalue weighted by Crippen LogP contribution is 2.29. The molecule has 1 N–H and O–H groups in total.